The molecule has 2 aromatic rings. The number of carbonyl (C=O) groups is 2. The van der Waals surface area contributed by atoms with Crippen LogP contribution >= 0.6 is 0 Å². The maximum atomic E-state index is 12.0. The van der Waals surface area contributed by atoms with Crippen LogP contribution in [0.25, 0.3) is 0 Å². The van der Waals surface area contributed by atoms with E-state index >= 15 is 0 Å². The highest BCUT2D eigenvalue weighted by atomic mass is 16.5. The summed E-state index contributed by atoms with van der Waals surface area (Å²) in [7, 11) is 1.34. The van der Waals surface area contributed by atoms with Gasteiger partial charge in [-0.05, 0) is 42.3 Å². The van der Waals surface area contributed by atoms with Gasteiger partial charge < -0.3 is 10.1 Å². The van der Waals surface area contributed by atoms with Gasteiger partial charge in [0.05, 0.1) is 24.3 Å². The maximum Gasteiger partial charge on any atom is 0.337 e. The van der Waals surface area contributed by atoms with Crippen molar-refractivity contribution < 1.29 is 14.3 Å². The number of nitrogens with zero attached hydrogens (tertiary/aromatic N) is 1. The van der Waals surface area contributed by atoms with Gasteiger partial charge in [0.15, 0.2) is 0 Å². The Morgan fingerprint density at radius 3 is 2.52 bits per heavy atom. The first-order valence-electron chi connectivity index (χ1n) is 7.09. The fourth-order valence-corrected chi connectivity index (χ4v) is 2.08. The molecule has 5 nitrogen and oxygen atoms in total. The third-order valence-corrected chi connectivity index (χ3v) is 3.33. The van der Waals surface area contributed by atoms with Gasteiger partial charge in [-0.3, -0.25) is 4.79 Å². The molecule has 0 radical (unpaired) electrons. The van der Waals surface area contributed by atoms with Gasteiger partial charge in [0, 0.05) is 12.1 Å². The van der Waals surface area contributed by atoms with Crippen LogP contribution in [-0.2, 0) is 11.2 Å². The van der Waals surface area contributed by atoms with Crippen molar-refractivity contribution in [3.63, 3.8) is 0 Å². The Morgan fingerprint density at radius 1 is 1.13 bits per heavy atom. The minimum atomic E-state index is -0.373. The summed E-state index contributed by atoms with van der Waals surface area (Å²) in [6, 6.07) is 15.6. The molecule has 1 amide bonds. The standard InChI is InChI=1S/C18H16N2O3/c1-23-18(22)15-7-5-13(6-8-15)9-10-20-17(21)16-4-2-3-14(11-16)12-19/h2-8,11H,9-10H2,1H3,(H,20,21). The van der Waals surface area contributed by atoms with E-state index in [2.05, 4.69) is 10.1 Å². The van der Waals surface area contributed by atoms with Crippen LogP contribution in [0, 0.1) is 11.3 Å². The van der Waals surface area contributed by atoms with Gasteiger partial charge >= 0.3 is 5.97 Å². The molecule has 0 spiro atoms. The van der Waals surface area contributed by atoms with E-state index in [1.54, 1.807) is 36.4 Å². The van der Waals surface area contributed by atoms with E-state index in [0.29, 0.717) is 29.7 Å². The Labute approximate surface area is 134 Å². The third-order valence-electron chi connectivity index (χ3n) is 3.33. The highest BCUT2D eigenvalue weighted by molar-refractivity contribution is 5.94. The zero-order valence-electron chi connectivity index (χ0n) is 12.7. The van der Waals surface area contributed by atoms with Gasteiger partial charge in [-0.15, -0.1) is 0 Å². The first-order valence-corrected chi connectivity index (χ1v) is 7.09. The average molecular weight is 308 g/mol. The molecule has 116 valence electrons. The molecular formula is C18H16N2O3. The van der Waals surface area contributed by atoms with E-state index in [9.17, 15) is 9.59 Å². The largest absolute Gasteiger partial charge is 0.465 e. The van der Waals surface area contributed by atoms with Gasteiger partial charge in [0.1, 0.15) is 0 Å². The average Bonchev–Trinajstić information content (AvgIpc) is 2.61. The van der Waals surface area contributed by atoms with Crippen molar-refractivity contribution in [2.45, 2.75) is 6.42 Å². The molecule has 2 rings (SSSR count). The van der Waals surface area contributed by atoms with Crippen LogP contribution in [0.3, 0.4) is 0 Å². The monoisotopic (exact) mass is 308 g/mol. The fraction of sp³-hybridized carbons (Fsp3) is 0.167. The van der Waals surface area contributed by atoms with Crippen LogP contribution < -0.4 is 5.32 Å². The second-order valence-corrected chi connectivity index (χ2v) is 4.89. The topological polar surface area (TPSA) is 79.2 Å². The number of amides is 1. The van der Waals surface area contributed by atoms with Crippen molar-refractivity contribution in [3.8, 4) is 6.07 Å². The molecule has 2 aromatic carbocycles. The van der Waals surface area contributed by atoms with Crippen molar-refractivity contribution >= 4 is 11.9 Å². The smallest absolute Gasteiger partial charge is 0.337 e. The van der Waals surface area contributed by atoms with E-state index in [-0.39, 0.29) is 11.9 Å². The molecule has 0 aliphatic rings. The lowest BCUT2D eigenvalue weighted by Gasteiger charge is -2.06. The zero-order chi connectivity index (χ0) is 16.7. The number of esters is 1. The van der Waals surface area contributed by atoms with E-state index in [1.165, 1.54) is 7.11 Å². The quantitative estimate of drug-likeness (QED) is 0.860. The highest BCUT2D eigenvalue weighted by Crippen LogP contribution is 2.07. The van der Waals surface area contributed by atoms with Crippen LogP contribution in [0.15, 0.2) is 48.5 Å². The van der Waals surface area contributed by atoms with Gasteiger partial charge in [0.2, 0.25) is 0 Å². The lowest BCUT2D eigenvalue weighted by atomic mass is 10.1. The van der Waals surface area contributed by atoms with Gasteiger partial charge in [-0.1, -0.05) is 18.2 Å². The molecule has 0 atom stereocenters. The summed E-state index contributed by atoms with van der Waals surface area (Å²) in [6.45, 7) is 0.465. The summed E-state index contributed by atoms with van der Waals surface area (Å²) in [6.07, 6.45) is 0.644. The van der Waals surface area contributed by atoms with E-state index in [0.717, 1.165) is 5.56 Å². The number of ether oxygens (including phenoxy) is 1. The predicted molar refractivity (Wildman–Crippen MR) is 85.0 cm³/mol. The van der Waals surface area contributed by atoms with Crippen LogP contribution in [0.4, 0.5) is 0 Å². The summed E-state index contributed by atoms with van der Waals surface area (Å²) in [5.41, 5.74) is 2.42. The van der Waals surface area contributed by atoms with E-state index in [4.69, 9.17) is 5.26 Å². The molecule has 0 unspecified atom stereocenters. The van der Waals surface area contributed by atoms with Crippen LogP contribution in [0.5, 0.6) is 0 Å². The second-order valence-electron chi connectivity index (χ2n) is 4.89. The summed E-state index contributed by atoms with van der Waals surface area (Å²) in [5, 5.41) is 11.6. The molecule has 0 heterocycles. The Balaban J connectivity index is 1.88. The molecule has 0 saturated carbocycles. The Hall–Kier alpha value is -3.13. The number of hydrogen-bond acceptors (Lipinski definition) is 4. The van der Waals surface area contributed by atoms with Crippen LogP contribution in [0.2, 0.25) is 0 Å². The number of benzene rings is 2. The van der Waals surface area contributed by atoms with Crippen molar-refractivity contribution in [3.05, 3.63) is 70.8 Å². The molecule has 1 N–H and O–H groups in total. The van der Waals surface area contributed by atoms with E-state index < -0.39 is 0 Å². The second kappa shape index (κ2) is 7.76. The normalized spacial score (nSPS) is 9.74. The van der Waals surface area contributed by atoms with Crippen LogP contribution in [-0.4, -0.2) is 25.5 Å². The van der Waals surface area contributed by atoms with Gasteiger partial charge in [-0.25, -0.2) is 4.79 Å². The number of nitriles is 1. The van der Waals surface area contributed by atoms with Crippen molar-refractivity contribution in [2.24, 2.45) is 0 Å². The summed E-state index contributed by atoms with van der Waals surface area (Å²) < 4.78 is 4.64. The first-order chi connectivity index (χ1) is 11.1. The predicted octanol–water partition coefficient (Wildman–Crippen LogP) is 2.32. The molecular weight excluding hydrogens is 292 g/mol. The SMILES string of the molecule is COC(=O)c1ccc(CCNC(=O)c2cccc(C#N)c2)cc1. The first kappa shape index (κ1) is 16.2. The molecule has 0 aromatic heterocycles. The minimum Gasteiger partial charge on any atom is -0.465 e. The Morgan fingerprint density at radius 2 is 1.87 bits per heavy atom. The Bertz CT molecular complexity index is 746. The summed E-state index contributed by atoms with van der Waals surface area (Å²) in [4.78, 5) is 23.3. The molecule has 23 heavy (non-hydrogen) atoms. The molecule has 0 aliphatic carbocycles. The molecule has 0 fully saturated rings. The van der Waals surface area contributed by atoms with Crippen LogP contribution in [0.1, 0.15) is 31.8 Å². The number of rotatable bonds is 5. The number of hydrogen-bond donors (Lipinski definition) is 1. The summed E-state index contributed by atoms with van der Waals surface area (Å²) in [5.74, 6) is -0.587. The van der Waals surface area contributed by atoms with Gasteiger partial charge in [0.25, 0.3) is 5.91 Å². The number of carbonyl (C=O) groups excluding carboxylic acids is 2. The fourth-order valence-electron chi connectivity index (χ4n) is 2.08. The van der Waals surface area contributed by atoms with Crippen molar-refractivity contribution in [1.82, 2.24) is 5.32 Å². The minimum absolute atomic E-state index is 0.215. The molecule has 0 aliphatic heterocycles. The number of nitrogens with one attached hydrogen (secondary N) is 1. The zero-order valence-corrected chi connectivity index (χ0v) is 12.7. The summed E-state index contributed by atoms with van der Waals surface area (Å²) >= 11 is 0. The van der Waals surface area contributed by atoms with Crippen molar-refractivity contribution in [2.75, 3.05) is 13.7 Å². The molecule has 5 heteroatoms. The molecule has 0 saturated heterocycles. The lowest BCUT2D eigenvalue weighted by Crippen LogP contribution is -2.25. The lowest BCUT2D eigenvalue weighted by molar-refractivity contribution is 0.0600. The third kappa shape index (κ3) is 4.42. The van der Waals surface area contributed by atoms with E-state index in [1.807, 2.05) is 18.2 Å². The highest BCUT2D eigenvalue weighted by Gasteiger charge is 2.07. The van der Waals surface area contributed by atoms with Crippen molar-refractivity contribution in [1.29, 1.82) is 5.26 Å². The van der Waals surface area contributed by atoms with Gasteiger partial charge in [-0.2, -0.15) is 5.26 Å². The Kier molecular flexibility index (Phi) is 5.48. The number of methoxy groups -OCH3 is 1. The maximum absolute atomic E-state index is 12.0. The molecule has 0 bridgehead atoms.